The first-order chi connectivity index (χ1) is 12.1. The smallest absolute Gasteiger partial charge is 0.141 e. The zero-order valence-corrected chi connectivity index (χ0v) is 15.1. The van der Waals surface area contributed by atoms with E-state index >= 15 is 0 Å². The van der Waals surface area contributed by atoms with Gasteiger partial charge in [-0.25, -0.2) is 0 Å². The van der Waals surface area contributed by atoms with Gasteiger partial charge in [-0.15, -0.1) is 0 Å². The van der Waals surface area contributed by atoms with Crippen LogP contribution in [0.5, 0.6) is 5.75 Å². The molecule has 1 fully saturated rings. The summed E-state index contributed by atoms with van der Waals surface area (Å²) in [6.07, 6.45) is 5.52. The maximum absolute atomic E-state index is 11.8. The van der Waals surface area contributed by atoms with Crippen LogP contribution in [0.1, 0.15) is 54.3 Å². The number of carbonyl (C=O) groups excluding carboxylic acids is 1. The number of hydrogen-bond donors (Lipinski definition) is 1. The van der Waals surface area contributed by atoms with Crippen LogP contribution in [0, 0.1) is 6.92 Å². The average molecular weight is 337 g/mol. The lowest BCUT2D eigenvalue weighted by molar-refractivity contribution is -0.113. The predicted molar refractivity (Wildman–Crippen MR) is 101 cm³/mol. The number of phenolic OH excluding ortho intramolecular Hbond substituents is 1. The molecule has 1 unspecified atom stereocenters. The van der Waals surface area contributed by atoms with Gasteiger partial charge in [0.25, 0.3) is 0 Å². The number of aryl methyl sites for hydroxylation is 1. The van der Waals surface area contributed by atoms with Gasteiger partial charge in [0.2, 0.25) is 0 Å². The van der Waals surface area contributed by atoms with E-state index in [0.717, 1.165) is 37.5 Å². The van der Waals surface area contributed by atoms with Crippen molar-refractivity contribution < 1.29 is 9.90 Å². The summed E-state index contributed by atoms with van der Waals surface area (Å²) in [4.78, 5) is 14.0. The molecule has 0 radical (unpaired) electrons. The number of hydrogen-bond acceptors (Lipinski definition) is 3. The molecule has 0 spiro atoms. The second-order valence-corrected chi connectivity index (χ2v) is 7.20. The highest BCUT2D eigenvalue weighted by Gasteiger charge is 2.29. The molecule has 1 saturated carbocycles. The summed E-state index contributed by atoms with van der Waals surface area (Å²) in [6.45, 7) is 2.07. The molecule has 2 aromatic carbocycles. The lowest BCUT2D eigenvalue weighted by Crippen LogP contribution is -2.38. The van der Waals surface area contributed by atoms with Gasteiger partial charge in [-0.3, -0.25) is 4.90 Å². The minimum absolute atomic E-state index is 0.170. The second-order valence-electron chi connectivity index (χ2n) is 7.20. The Bertz CT molecular complexity index is 702. The number of likely N-dealkylation sites (N-methyl/N-ethyl adjacent to an activating group) is 1. The summed E-state index contributed by atoms with van der Waals surface area (Å²) in [5.74, 6) is 0.877. The van der Waals surface area contributed by atoms with Gasteiger partial charge in [-0.2, -0.15) is 0 Å². The molecule has 0 bridgehead atoms. The van der Waals surface area contributed by atoms with E-state index in [1.807, 2.05) is 24.3 Å². The van der Waals surface area contributed by atoms with E-state index < -0.39 is 0 Å². The first kappa shape index (κ1) is 17.7. The van der Waals surface area contributed by atoms with Crippen molar-refractivity contribution in [2.24, 2.45) is 0 Å². The van der Waals surface area contributed by atoms with E-state index in [0.29, 0.717) is 17.7 Å². The Hall–Kier alpha value is -2.13. The first-order valence-corrected chi connectivity index (χ1v) is 9.12. The minimum Gasteiger partial charge on any atom is -0.508 e. The van der Waals surface area contributed by atoms with E-state index in [4.69, 9.17) is 0 Å². The van der Waals surface area contributed by atoms with Crippen LogP contribution in [0.25, 0.3) is 0 Å². The van der Waals surface area contributed by atoms with Crippen LogP contribution in [0.4, 0.5) is 0 Å². The van der Waals surface area contributed by atoms with Gasteiger partial charge in [-0.05, 0) is 74.4 Å². The van der Waals surface area contributed by atoms with Crippen molar-refractivity contribution in [2.45, 2.75) is 50.6 Å². The maximum atomic E-state index is 11.8. The molecule has 3 nitrogen and oxygen atoms in total. The van der Waals surface area contributed by atoms with Crippen LogP contribution in [-0.4, -0.2) is 29.4 Å². The summed E-state index contributed by atoms with van der Waals surface area (Å²) in [6, 6.07) is 16.0. The molecule has 25 heavy (non-hydrogen) atoms. The zero-order valence-electron chi connectivity index (χ0n) is 15.1. The van der Waals surface area contributed by atoms with Crippen molar-refractivity contribution in [2.75, 3.05) is 7.05 Å². The maximum Gasteiger partial charge on any atom is 0.141 e. The van der Waals surface area contributed by atoms with E-state index in [1.165, 1.54) is 11.1 Å². The van der Waals surface area contributed by atoms with Crippen molar-refractivity contribution in [3.8, 4) is 5.75 Å². The molecule has 1 N–H and O–H groups in total. The topological polar surface area (TPSA) is 40.5 Å². The number of rotatable bonds is 5. The van der Waals surface area contributed by atoms with Crippen LogP contribution in [0.2, 0.25) is 0 Å². The lowest BCUT2D eigenvalue weighted by atomic mass is 9.81. The fourth-order valence-electron chi connectivity index (χ4n) is 4.10. The van der Waals surface area contributed by atoms with Crippen LogP contribution >= 0.6 is 0 Å². The molecule has 3 rings (SSSR count). The number of aromatic hydroxyl groups is 1. The van der Waals surface area contributed by atoms with Gasteiger partial charge in [0.05, 0.1) is 6.04 Å². The van der Waals surface area contributed by atoms with Gasteiger partial charge in [0.15, 0.2) is 0 Å². The third-order valence-corrected chi connectivity index (χ3v) is 5.71. The Morgan fingerprint density at radius 1 is 1.04 bits per heavy atom. The largest absolute Gasteiger partial charge is 0.508 e. The van der Waals surface area contributed by atoms with Gasteiger partial charge in [-0.1, -0.05) is 36.4 Å². The zero-order chi connectivity index (χ0) is 17.8. The summed E-state index contributed by atoms with van der Waals surface area (Å²) in [7, 11) is 2.08. The number of nitrogens with zero attached hydrogens (tertiary/aromatic N) is 1. The second kappa shape index (κ2) is 7.83. The molecule has 0 saturated heterocycles. The minimum atomic E-state index is -0.170. The van der Waals surface area contributed by atoms with Gasteiger partial charge in [0.1, 0.15) is 12.0 Å². The molecular formula is C22H27NO2. The Kier molecular flexibility index (Phi) is 5.54. The summed E-state index contributed by atoms with van der Waals surface area (Å²) in [5.41, 5.74) is 3.59. The number of phenols is 1. The monoisotopic (exact) mass is 337 g/mol. The quantitative estimate of drug-likeness (QED) is 0.811. The van der Waals surface area contributed by atoms with Gasteiger partial charge in [0, 0.05) is 6.04 Å². The molecule has 1 atom stereocenters. The number of carbonyl (C=O) groups is 1. The van der Waals surface area contributed by atoms with E-state index in [1.54, 1.807) is 12.1 Å². The van der Waals surface area contributed by atoms with Crippen molar-refractivity contribution in [3.63, 3.8) is 0 Å². The van der Waals surface area contributed by atoms with Crippen LogP contribution in [0.3, 0.4) is 0 Å². The molecule has 132 valence electrons. The molecule has 1 aliphatic carbocycles. The number of aldehydes is 1. The first-order valence-electron chi connectivity index (χ1n) is 9.12. The fourth-order valence-corrected chi connectivity index (χ4v) is 4.10. The summed E-state index contributed by atoms with van der Waals surface area (Å²) >= 11 is 0. The van der Waals surface area contributed by atoms with Crippen molar-refractivity contribution in [1.29, 1.82) is 0 Å². The molecule has 2 aromatic rings. The highest BCUT2D eigenvalue weighted by atomic mass is 16.3. The highest BCUT2D eigenvalue weighted by molar-refractivity contribution is 5.62. The molecule has 0 aromatic heterocycles. The van der Waals surface area contributed by atoms with Crippen LogP contribution in [-0.2, 0) is 4.79 Å². The van der Waals surface area contributed by atoms with Crippen LogP contribution < -0.4 is 0 Å². The molecule has 1 aliphatic rings. The Labute approximate surface area is 150 Å². The number of benzene rings is 2. The molecule has 3 heteroatoms. The third kappa shape index (κ3) is 3.93. The molecule has 0 heterocycles. The normalized spacial score (nSPS) is 21.9. The Morgan fingerprint density at radius 3 is 2.28 bits per heavy atom. The lowest BCUT2D eigenvalue weighted by Gasteiger charge is -2.38. The average Bonchev–Trinajstić information content (AvgIpc) is 2.64. The van der Waals surface area contributed by atoms with Gasteiger partial charge < -0.3 is 9.90 Å². The van der Waals surface area contributed by atoms with E-state index in [-0.39, 0.29) is 6.04 Å². The van der Waals surface area contributed by atoms with Crippen molar-refractivity contribution >= 4 is 6.29 Å². The van der Waals surface area contributed by atoms with Crippen molar-refractivity contribution in [1.82, 2.24) is 4.90 Å². The predicted octanol–water partition coefficient (Wildman–Crippen LogP) is 4.60. The van der Waals surface area contributed by atoms with Crippen LogP contribution in [0.15, 0.2) is 48.5 Å². The third-order valence-electron chi connectivity index (χ3n) is 5.71. The van der Waals surface area contributed by atoms with E-state index in [2.05, 4.69) is 31.0 Å². The fraction of sp³-hybridized carbons (Fsp3) is 0.409. The van der Waals surface area contributed by atoms with Crippen molar-refractivity contribution in [3.05, 3.63) is 65.2 Å². The summed E-state index contributed by atoms with van der Waals surface area (Å²) in [5, 5.41) is 9.45. The SMILES string of the molecule is Cc1ccccc1C(C=O)N(C)C1CCC(c2ccc(O)cc2)CC1. The Morgan fingerprint density at radius 2 is 1.68 bits per heavy atom. The highest BCUT2D eigenvalue weighted by Crippen LogP contribution is 2.37. The van der Waals surface area contributed by atoms with Gasteiger partial charge >= 0.3 is 0 Å². The Balaban J connectivity index is 1.66. The summed E-state index contributed by atoms with van der Waals surface area (Å²) < 4.78 is 0. The molecular weight excluding hydrogens is 310 g/mol. The van der Waals surface area contributed by atoms with E-state index in [9.17, 15) is 9.90 Å². The molecule has 0 aliphatic heterocycles. The molecule has 0 amide bonds. The standard InChI is InChI=1S/C22H27NO2/c1-16-5-3-4-6-21(16)22(15-24)23(2)19-11-7-17(8-12-19)18-9-13-20(25)14-10-18/h3-6,9-10,13-15,17,19,22,25H,7-8,11-12H2,1-2H3.